The van der Waals surface area contributed by atoms with Crippen LogP contribution in [0.15, 0.2) is 70.2 Å². The fourth-order valence-electron chi connectivity index (χ4n) is 2.54. The van der Waals surface area contributed by atoms with Gasteiger partial charge in [-0.25, -0.2) is 4.98 Å². The summed E-state index contributed by atoms with van der Waals surface area (Å²) in [5.74, 6) is 0.848. The lowest BCUT2D eigenvalue weighted by Gasteiger charge is -2.09. The van der Waals surface area contributed by atoms with E-state index in [0.717, 1.165) is 11.5 Å². The van der Waals surface area contributed by atoms with Gasteiger partial charge in [-0.1, -0.05) is 35.9 Å². The van der Waals surface area contributed by atoms with Crippen molar-refractivity contribution in [1.82, 2.24) is 19.7 Å². The minimum atomic E-state index is 0.200. The number of hydrogen-bond donors (Lipinski definition) is 0. The maximum absolute atomic E-state index is 9.15. The van der Waals surface area contributed by atoms with E-state index in [2.05, 4.69) is 26.6 Å². The van der Waals surface area contributed by atoms with E-state index >= 15 is 0 Å². The van der Waals surface area contributed by atoms with E-state index in [1.807, 2.05) is 47.0 Å². The number of thiophene rings is 1. The topological polar surface area (TPSA) is 67.4 Å². The number of hydrogen-bond acceptors (Lipinski definition) is 6. The number of benzene rings is 1. The van der Waals surface area contributed by atoms with E-state index in [0.29, 0.717) is 21.6 Å². The molecule has 0 saturated carbocycles. The highest BCUT2D eigenvalue weighted by Crippen LogP contribution is 2.30. The van der Waals surface area contributed by atoms with E-state index in [1.165, 1.54) is 16.6 Å². The highest BCUT2D eigenvalue weighted by atomic mass is 35.5. The summed E-state index contributed by atoms with van der Waals surface area (Å²) >= 11 is 9.03. The molecule has 132 valence electrons. The van der Waals surface area contributed by atoms with Gasteiger partial charge in [0.05, 0.1) is 5.02 Å². The SMILES string of the molecule is N#Cc1nc(Sc2nnc(Cc3cccs3)n2-c2ccccc2)ccc1Cl. The van der Waals surface area contributed by atoms with Crippen molar-refractivity contribution in [2.45, 2.75) is 16.6 Å². The summed E-state index contributed by atoms with van der Waals surface area (Å²) in [6, 6.07) is 19.5. The summed E-state index contributed by atoms with van der Waals surface area (Å²) < 4.78 is 2.02. The monoisotopic (exact) mass is 409 g/mol. The average Bonchev–Trinajstić information content (AvgIpc) is 3.34. The minimum absolute atomic E-state index is 0.200. The Bertz CT molecular complexity index is 1100. The van der Waals surface area contributed by atoms with E-state index in [4.69, 9.17) is 16.9 Å². The van der Waals surface area contributed by atoms with Crippen LogP contribution >= 0.6 is 34.7 Å². The lowest BCUT2D eigenvalue weighted by atomic mass is 10.3. The predicted octanol–water partition coefficient (Wildman–Crippen LogP) is 4.99. The van der Waals surface area contributed by atoms with Gasteiger partial charge in [-0.2, -0.15) is 5.26 Å². The molecule has 4 rings (SSSR count). The van der Waals surface area contributed by atoms with Gasteiger partial charge in [-0.05, 0) is 47.5 Å². The largest absolute Gasteiger partial charge is 0.273 e. The lowest BCUT2D eigenvalue weighted by Crippen LogP contribution is -2.03. The zero-order chi connectivity index (χ0) is 18.6. The predicted molar refractivity (Wildman–Crippen MR) is 107 cm³/mol. The second kappa shape index (κ2) is 7.92. The molecule has 27 heavy (non-hydrogen) atoms. The molecule has 0 atom stereocenters. The normalized spacial score (nSPS) is 10.7. The molecule has 0 N–H and O–H groups in total. The third kappa shape index (κ3) is 3.88. The molecule has 0 fully saturated rings. The van der Waals surface area contributed by atoms with Crippen molar-refractivity contribution in [2.75, 3.05) is 0 Å². The quantitative estimate of drug-likeness (QED) is 0.464. The Hall–Kier alpha value is -2.66. The molecule has 0 amide bonds. The van der Waals surface area contributed by atoms with E-state index in [9.17, 15) is 0 Å². The van der Waals surface area contributed by atoms with Crippen LogP contribution in [0.3, 0.4) is 0 Å². The molecule has 0 bridgehead atoms. The molecule has 3 heterocycles. The molecule has 0 radical (unpaired) electrons. The molecule has 1 aromatic carbocycles. The molecule has 0 saturated heterocycles. The highest BCUT2D eigenvalue weighted by Gasteiger charge is 2.17. The molecule has 0 aliphatic carbocycles. The molecule has 3 aromatic heterocycles. The molecule has 0 unspecified atom stereocenters. The number of nitrogens with zero attached hydrogens (tertiary/aromatic N) is 5. The first-order valence-electron chi connectivity index (χ1n) is 8.01. The molecule has 0 spiro atoms. The molecule has 0 aliphatic heterocycles. The molecule has 5 nitrogen and oxygen atoms in total. The fourth-order valence-corrected chi connectivity index (χ4v) is 4.23. The van der Waals surface area contributed by atoms with Gasteiger partial charge in [-0.15, -0.1) is 21.5 Å². The number of rotatable bonds is 5. The van der Waals surface area contributed by atoms with E-state index in [1.54, 1.807) is 23.5 Å². The Morgan fingerprint density at radius 1 is 1.07 bits per heavy atom. The average molecular weight is 410 g/mol. The Labute approximate surface area is 169 Å². The van der Waals surface area contributed by atoms with Gasteiger partial charge in [0.1, 0.15) is 16.9 Å². The third-order valence-electron chi connectivity index (χ3n) is 3.75. The zero-order valence-electron chi connectivity index (χ0n) is 13.9. The summed E-state index contributed by atoms with van der Waals surface area (Å²) in [6.07, 6.45) is 0.692. The van der Waals surface area contributed by atoms with Crippen LogP contribution in [0.25, 0.3) is 5.69 Å². The van der Waals surface area contributed by atoms with Crippen molar-refractivity contribution in [3.8, 4) is 11.8 Å². The van der Waals surface area contributed by atoms with Gasteiger partial charge in [0, 0.05) is 17.0 Å². The summed E-state index contributed by atoms with van der Waals surface area (Å²) in [5, 5.41) is 21.6. The maximum Gasteiger partial charge on any atom is 0.202 e. The van der Waals surface area contributed by atoms with Crippen molar-refractivity contribution < 1.29 is 0 Å². The first kappa shape index (κ1) is 17.7. The summed E-state index contributed by atoms with van der Waals surface area (Å²) in [6.45, 7) is 0. The molecule has 4 aromatic rings. The lowest BCUT2D eigenvalue weighted by molar-refractivity contribution is 0.849. The van der Waals surface area contributed by atoms with Crippen molar-refractivity contribution in [1.29, 1.82) is 5.26 Å². The van der Waals surface area contributed by atoms with Crippen LogP contribution in [0.5, 0.6) is 0 Å². The van der Waals surface area contributed by atoms with Crippen molar-refractivity contribution in [3.63, 3.8) is 0 Å². The number of halogens is 1. The van der Waals surface area contributed by atoms with Crippen LogP contribution < -0.4 is 0 Å². The van der Waals surface area contributed by atoms with Gasteiger partial charge in [-0.3, -0.25) is 4.57 Å². The number of pyridine rings is 1. The van der Waals surface area contributed by atoms with Gasteiger partial charge < -0.3 is 0 Å². The fraction of sp³-hybridized carbons (Fsp3) is 0.0526. The number of para-hydroxylation sites is 1. The van der Waals surface area contributed by atoms with Crippen LogP contribution in [-0.4, -0.2) is 19.7 Å². The van der Waals surface area contributed by atoms with Crippen LogP contribution in [0.1, 0.15) is 16.4 Å². The Morgan fingerprint density at radius 3 is 2.67 bits per heavy atom. The van der Waals surface area contributed by atoms with Gasteiger partial charge in [0.2, 0.25) is 5.16 Å². The van der Waals surface area contributed by atoms with Crippen LogP contribution in [0.4, 0.5) is 0 Å². The Kier molecular flexibility index (Phi) is 5.21. The van der Waals surface area contributed by atoms with Crippen molar-refractivity contribution >= 4 is 34.7 Å². The second-order valence-corrected chi connectivity index (χ2v) is 7.95. The van der Waals surface area contributed by atoms with Gasteiger partial charge >= 0.3 is 0 Å². The van der Waals surface area contributed by atoms with E-state index in [-0.39, 0.29) is 5.69 Å². The van der Waals surface area contributed by atoms with Crippen LogP contribution in [0, 0.1) is 11.3 Å². The van der Waals surface area contributed by atoms with E-state index < -0.39 is 0 Å². The Morgan fingerprint density at radius 2 is 1.93 bits per heavy atom. The second-order valence-electron chi connectivity index (χ2n) is 5.52. The summed E-state index contributed by atoms with van der Waals surface area (Å²) in [5.41, 5.74) is 1.18. The van der Waals surface area contributed by atoms with Gasteiger partial charge in [0.25, 0.3) is 0 Å². The standard InChI is InChI=1S/C19H12ClN5S2/c20-15-8-9-18(22-16(15)12-21)27-19-24-23-17(11-14-7-4-10-26-14)25(19)13-5-2-1-3-6-13/h1-10H,11H2. The molecule has 8 heteroatoms. The molecular weight excluding hydrogens is 398 g/mol. The third-order valence-corrected chi connectivity index (χ3v) is 5.81. The minimum Gasteiger partial charge on any atom is -0.273 e. The highest BCUT2D eigenvalue weighted by molar-refractivity contribution is 7.99. The first-order chi connectivity index (χ1) is 13.2. The van der Waals surface area contributed by atoms with Gasteiger partial charge in [0.15, 0.2) is 5.69 Å². The maximum atomic E-state index is 9.15. The first-order valence-corrected chi connectivity index (χ1v) is 10.1. The van der Waals surface area contributed by atoms with Crippen molar-refractivity contribution in [3.05, 3.63) is 81.4 Å². The number of nitriles is 1. The number of aromatic nitrogens is 4. The molecule has 0 aliphatic rings. The summed E-state index contributed by atoms with van der Waals surface area (Å²) in [4.78, 5) is 5.51. The van der Waals surface area contributed by atoms with Crippen molar-refractivity contribution in [2.24, 2.45) is 0 Å². The van der Waals surface area contributed by atoms with Crippen LogP contribution in [-0.2, 0) is 6.42 Å². The Balaban J connectivity index is 1.74. The zero-order valence-corrected chi connectivity index (χ0v) is 16.3. The smallest absolute Gasteiger partial charge is 0.202 e. The summed E-state index contributed by atoms with van der Waals surface area (Å²) in [7, 11) is 0. The van der Waals surface area contributed by atoms with Crippen LogP contribution in [0.2, 0.25) is 5.02 Å². The molecular formula is C19H12ClN5S2.